The van der Waals surface area contributed by atoms with Crippen molar-refractivity contribution in [1.82, 2.24) is 9.88 Å². The molecule has 3 rings (SSSR count). The Kier molecular flexibility index (Phi) is 6.68. The number of rotatable bonds is 6. The number of carbonyl (C=O) groups is 2. The van der Waals surface area contributed by atoms with E-state index in [2.05, 4.69) is 10.3 Å². The van der Waals surface area contributed by atoms with E-state index in [1.54, 1.807) is 4.90 Å². The molecule has 0 spiro atoms. The van der Waals surface area contributed by atoms with Gasteiger partial charge in [-0.15, -0.1) is 0 Å². The Morgan fingerprint density at radius 3 is 2.45 bits per heavy atom. The summed E-state index contributed by atoms with van der Waals surface area (Å²) in [5.74, 6) is -0.0966. The maximum atomic E-state index is 12.9. The molecule has 1 heterocycles. The molecule has 2 N–H and O–H groups in total. The fourth-order valence-electron chi connectivity index (χ4n) is 3.54. The number of para-hydroxylation sites is 2. The van der Waals surface area contributed by atoms with E-state index in [-0.39, 0.29) is 18.4 Å². The van der Waals surface area contributed by atoms with Gasteiger partial charge in [0.05, 0.1) is 13.0 Å². The Bertz CT molecular complexity index is 1080. The zero-order valence-corrected chi connectivity index (χ0v) is 18.9. The third kappa shape index (κ3) is 5.66. The van der Waals surface area contributed by atoms with E-state index in [1.807, 2.05) is 83.1 Å². The number of amides is 2. The van der Waals surface area contributed by atoms with E-state index < -0.39 is 5.60 Å². The fraction of sp³-hybridized carbons (Fsp3) is 0.360. The van der Waals surface area contributed by atoms with Crippen LogP contribution in [0.15, 0.2) is 48.5 Å². The van der Waals surface area contributed by atoms with E-state index >= 15 is 0 Å². The first kappa shape index (κ1) is 22.4. The van der Waals surface area contributed by atoms with Crippen molar-refractivity contribution >= 4 is 28.6 Å². The lowest BCUT2D eigenvalue weighted by Gasteiger charge is -2.27. The minimum absolute atomic E-state index is 0.0966. The number of nitrogens with zero attached hydrogens (tertiary/aromatic N) is 1. The summed E-state index contributed by atoms with van der Waals surface area (Å²) >= 11 is 0. The highest BCUT2D eigenvalue weighted by Crippen LogP contribution is 2.24. The van der Waals surface area contributed by atoms with Gasteiger partial charge in [0.2, 0.25) is 5.91 Å². The van der Waals surface area contributed by atoms with Gasteiger partial charge in [-0.05, 0) is 57.9 Å². The molecular weight excluding hydrogens is 390 g/mol. The smallest absolute Gasteiger partial charge is 0.410 e. The van der Waals surface area contributed by atoms with E-state index in [1.165, 1.54) is 0 Å². The zero-order valence-electron chi connectivity index (χ0n) is 18.9. The van der Waals surface area contributed by atoms with Crippen LogP contribution in [0.4, 0.5) is 10.5 Å². The second kappa shape index (κ2) is 9.25. The normalized spacial score (nSPS) is 11.4. The highest BCUT2D eigenvalue weighted by Gasteiger charge is 2.22. The van der Waals surface area contributed by atoms with Crippen molar-refractivity contribution in [1.29, 1.82) is 0 Å². The van der Waals surface area contributed by atoms with Crippen LogP contribution in [0.1, 0.15) is 44.5 Å². The molecular formula is C25H31N3O3. The number of carbonyl (C=O) groups excluding carboxylic acids is 2. The molecule has 0 saturated carbocycles. The van der Waals surface area contributed by atoms with Crippen LogP contribution in [0, 0.1) is 6.92 Å². The summed E-state index contributed by atoms with van der Waals surface area (Å²) in [6.45, 7) is 10.3. The molecule has 0 saturated heterocycles. The largest absolute Gasteiger partial charge is 0.444 e. The Morgan fingerprint density at radius 1 is 1.06 bits per heavy atom. The van der Waals surface area contributed by atoms with Crippen molar-refractivity contribution in [3.05, 3.63) is 65.4 Å². The van der Waals surface area contributed by atoms with Gasteiger partial charge < -0.3 is 19.9 Å². The van der Waals surface area contributed by atoms with Gasteiger partial charge in [0.25, 0.3) is 0 Å². The summed E-state index contributed by atoms with van der Waals surface area (Å²) < 4.78 is 5.50. The minimum Gasteiger partial charge on any atom is -0.444 e. The maximum absolute atomic E-state index is 12.9. The SMILES string of the molecule is CCN(Cc1ccccc1NC(=O)Cc1c(C)[nH]c2ccccc12)C(=O)OC(C)(C)C. The van der Waals surface area contributed by atoms with Gasteiger partial charge in [0.15, 0.2) is 0 Å². The second-order valence-electron chi connectivity index (χ2n) is 8.65. The quantitative estimate of drug-likeness (QED) is 0.558. The van der Waals surface area contributed by atoms with Crippen LogP contribution in [-0.2, 0) is 22.5 Å². The third-order valence-electron chi connectivity index (χ3n) is 5.05. The molecule has 0 bridgehead atoms. The number of fused-ring (bicyclic) bond motifs is 1. The molecule has 0 radical (unpaired) electrons. The zero-order chi connectivity index (χ0) is 22.6. The molecule has 6 heteroatoms. The lowest BCUT2D eigenvalue weighted by molar-refractivity contribution is -0.115. The van der Waals surface area contributed by atoms with Crippen molar-refractivity contribution in [2.75, 3.05) is 11.9 Å². The molecule has 0 aliphatic carbocycles. The number of aromatic amines is 1. The summed E-state index contributed by atoms with van der Waals surface area (Å²) in [6.07, 6.45) is -0.0983. The number of ether oxygens (including phenoxy) is 1. The average molecular weight is 422 g/mol. The number of aryl methyl sites for hydroxylation is 1. The molecule has 164 valence electrons. The Balaban J connectivity index is 1.74. The highest BCUT2D eigenvalue weighted by molar-refractivity contribution is 5.96. The number of hydrogen-bond acceptors (Lipinski definition) is 3. The van der Waals surface area contributed by atoms with Gasteiger partial charge in [-0.2, -0.15) is 0 Å². The van der Waals surface area contributed by atoms with E-state index in [0.717, 1.165) is 27.7 Å². The molecule has 2 amide bonds. The molecule has 0 aliphatic rings. The second-order valence-corrected chi connectivity index (χ2v) is 8.65. The molecule has 0 atom stereocenters. The Hall–Kier alpha value is -3.28. The van der Waals surface area contributed by atoms with Gasteiger partial charge in [-0.25, -0.2) is 4.79 Å². The summed E-state index contributed by atoms with van der Waals surface area (Å²) in [5, 5.41) is 4.09. The predicted molar refractivity (Wildman–Crippen MR) is 124 cm³/mol. The highest BCUT2D eigenvalue weighted by atomic mass is 16.6. The summed E-state index contributed by atoms with van der Waals surface area (Å²) in [7, 11) is 0. The molecule has 1 aromatic heterocycles. The monoisotopic (exact) mass is 421 g/mol. The predicted octanol–water partition coefficient (Wildman–Crippen LogP) is 5.41. The van der Waals surface area contributed by atoms with Crippen LogP contribution in [0.5, 0.6) is 0 Å². The molecule has 6 nitrogen and oxygen atoms in total. The number of aromatic nitrogens is 1. The van der Waals surface area contributed by atoms with Gasteiger partial charge in [0.1, 0.15) is 5.60 Å². The molecule has 2 aromatic carbocycles. The van der Waals surface area contributed by atoms with Crippen molar-refractivity contribution < 1.29 is 14.3 Å². The molecule has 31 heavy (non-hydrogen) atoms. The van der Waals surface area contributed by atoms with E-state index in [4.69, 9.17) is 4.74 Å². The topological polar surface area (TPSA) is 74.4 Å². The fourth-order valence-corrected chi connectivity index (χ4v) is 3.54. The lowest BCUT2D eigenvalue weighted by Crippen LogP contribution is -2.36. The number of benzene rings is 2. The van der Waals surface area contributed by atoms with Gasteiger partial charge in [0, 0.05) is 28.8 Å². The number of H-pyrrole nitrogens is 1. The average Bonchev–Trinajstić information content (AvgIpc) is 3.01. The minimum atomic E-state index is -0.560. The number of anilines is 1. The number of hydrogen-bond donors (Lipinski definition) is 2. The van der Waals surface area contributed by atoms with Gasteiger partial charge in [-0.1, -0.05) is 36.4 Å². The molecule has 0 aliphatic heterocycles. The van der Waals surface area contributed by atoms with Crippen LogP contribution in [-0.4, -0.2) is 34.0 Å². The molecule has 0 unspecified atom stereocenters. The first-order chi connectivity index (χ1) is 14.7. The van der Waals surface area contributed by atoms with E-state index in [0.29, 0.717) is 18.8 Å². The maximum Gasteiger partial charge on any atom is 0.410 e. The Morgan fingerprint density at radius 2 is 1.74 bits per heavy atom. The molecule has 0 fully saturated rings. The lowest BCUT2D eigenvalue weighted by atomic mass is 10.1. The summed E-state index contributed by atoms with van der Waals surface area (Å²) in [6, 6.07) is 15.5. The standard InChI is InChI=1S/C25H31N3O3/c1-6-28(24(30)31-25(3,4)5)16-18-11-7-9-13-21(18)27-23(29)15-20-17(2)26-22-14-10-8-12-19(20)22/h7-14,26H,6,15-16H2,1-5H3,(H,27,29). The van der Waals surface area contributed by atoms with Crippen LogP contribution in [0.3, 0.4) is 0 Å². The van der Waals surface area contributed by atoms with Gasteiger partial charge >= 0.3 is 6.09 Å². The van der Waals surface area contributed by atoms with Crippen LogP contribution in [0.2, 0.25) is 0 Å². The first-order valence-electron chi connectivity index (χ1n) is 10.6. The van der Waals surface area contributed by atoms with Crippen LogP contribution in [0.25, 0.3) is 10.9 Å². The third-order valence-corrected chi connectivity index (χ3v) is 5.05. The van der Waals surface area contributed by atoms with Crippen molar-refractivity contribution in [3.63, 3.8) is 0 Å². The van der Waals surface area contributed by atoms with Gasteiger partial charge in [-0.3, -0.25) is 4.79 Å². The van der Waals surface area contributed by atoms with Crippen LogP contribution < -0.4 is 5.32 Å². The number of nitrogens with one attached hydrogen (secondary N) is 2. The molecule has 3 aromatic rings. The van der Waals surface area contributed by atoms with Crippen molar-refractivity contribution in [2.24, 2.45) is 0 Å². The van der Waals surface area contributed by atoms with Crippen LogP contribution >= 0.6 is 0 Å². The van der Waals surface area contributed by atoms with Crippen molar-refractivity contribution in [2.45, 2.75) is 53.2 Å². The first-order valence-corrected chi connectivity index (χ1v) is 10.6. The summed E-state index contributed by atoms with van der Waals surface area (Å²) in [5.41, 5.74) is 4.02. The van der Waals surface area contributed by atoms with Crippen molar-refractivity contribution in [3.8, 4) is 0 Å². The summed E-state index contributed by atoms with van der Waals surface area (Å²) in [4.78, 5) is 30.3. The van der Waals surface area contributed by atoms with E-state index in [9.17, 15) is 9.59 Å². The Labute approximate surface area is 183 Å².